The lowest BCUT2D eigenvalue weighted by molar-refractivity contribution is -0.121. The fraction of sp³-hybridized carbons (Fsp3) is 0.900. The lowest BCUT2D eigenvalue weighted by atomic mass is 9.99. The summed E-state index contributed by atoms with van der Waals surface area (Å²) in [5.74, 6) is 1.11. The van der Waals surface area contributed by atoms with E-state index in [4.69, 9.17) is 4.74 Å². The first-order valence-electron chi connectivity index (χ1n) is 4.75. The Bertz CT molecular complexity index is 163. The summed E-state index contributed by atoms with van der Waals surface area (Å²) in [6.07, 6.45) is 2.06. The van der Waals surface area contributed by atoms with E-state index in [-0.39, 0.29) is 12.0 Å². The average Bonchev–Trinajstić information content (AvgIpc) is 2.30. The highest BCUT2D eigenvalue weighted by Gasteiger charge is 2.30. The van der Waals surface area contributed by atoms with Crippen LogP contribution in [-0.4, -0.2) is 18.5 Å². The van der Waals surface area contributed by atoms with Crippen LogP contribution in [0.15, 0.2) is 0 Å². The second-order valence-electron chi connectivity index (χ2n) is 3.94. The summed E-state index contributed by atoms with van der Waals surface area (Å²) in [4.78, 5) is 11.2. The first kappa shape index (κ1) is 9.72. The Balaban J connectivity index is 2.29. The molecule has 1 fully saturated rings. The van der Waals surface area contributed by atoms with Gasteiger partial charge in [-0.25, -0.2) is 0 Å². The highest BCUT2D eigenvalue weighted by Crippen LogP contribution is 2.28. The third-order valence-corrected chi connectivity index (χ3v) is 2.62. The Kier molecular flexibility index (Phi) is 3.27. The first-order chi connectivity index (χ1) is 5.61. The predicted octanol–water partition coefficient (Wildman–Crippen LogP) is 2.03. The normalized spacial score (nSPS) is 30.2. The Morgan fingerprint density at radius 1 is 1.58 bits per heavy atom. The summed E-state index contributed by atoms with van der Waals surface area (Å²) in [5.41, 5.74) is 0. The van der Waals surface area contributed by atoms with Crippen LogP contribution in [0.1, 0.15) is 33.6 Å². The summed E-state index contributed by atoms with van der Waals surface area (Å²) in [6, 6.07) is 0. The fourth-order valence-corrected chi connectivity index (χ4v) is 1.61. The number of ketones is 1. The van der Waals surface area contributed by atoms with Crippen molar-refractivity contribution in [1.82, 2.24) is 0 Å². The lowest BCUT2D eigenvalue weighted by Gasteiger charge is -2.15. The predicted molar refractivity (Wildman–Crippen MR) is 48.0 cm³/mol. The molecule has 0 amide bonds. The molecule has 0 aromatic heterocycles. The molecular formula is C10H18O2. The molecule has 0 aliphatic heterocycles. The van der Waals surface area contributed by atoms with Crippen molar-refractivity contribution >= 4 is 5.78 Å². The molecule has 1 aliphatic carbocycles. The zero-order valence-electron chi connectivity index (χ0n) is 8.17. The van der Waals surface area contributed by atoms with E-state index in [9.17, 15) is 4.79 Å². The van der Waals surface area contributed by atoms with Gasteiger partial charge in [0.2, 0.25) is 0 Å². The van der Waals surface area contributed by atoms with Gasteiger partial charge < -0.3 is 4.74 Å². The van der Waals surface area contributed by atoms with Crippen LogP contribution in [0.25, 0.3) is 0 Å². The van der Waals surface area contributed by atoms with Crippen molar-refractivity contribution in [2.75, 3.05) is 6.61 Å². The van der Waals surface area contributed by atoms with Crippen LogP contribution in [0.4, 0.5) is 0 Å². The Hall–Kier alpha value is -0.370. The Morgan fingerprint density at radius 3 is 2.67 bits per heavy atom. The quantitative estimate of drug-likeness (QED) is 0.647. The maximum absolute atomic E-state index is 11.2. The summed E-state index contributed by atoms with van der Waals surface area (Å²) >= 11 is 0. The molecule has 70 valence electrons. The molecule has 0 aromatic rings. The van der Waals surface area contributed by atoms with Gasteiger partial charge in [-0.3, -0.25) is 4.79 Å². The highest BCUT2D eigenvalue weighted by atomic mass is 16.5. The maximum atomic E-state index is 11.2. The first-order valence-corrected chi connectivity index (χ1v) is 4.75. The van der Waals surface area contributed by atoms with Crippen LogP contribution in [0.3, 0.4) is 0 Å². The summed E-state index contributed by atoms with van der Waals surface area (Å²) < 4.78 is 5.49. The van der Waals surface area contributed by atoms with Gasteiger partial charge in [0.25, 0.3) is 0 Å². The van der Waals surface area contributed by atoms with Crippen molar-refractivity contribution in [2.24, 2.45) is 11.8 Å². The molecule has 1 aliphatic rings. The van der Waals surface area contributed by atoms with Gasteiger partial charge in [0.15, 0.2) is 0 Å². The van der Waals surface area contributed by atoms with Crippen LogP contribution in [0.5, 0.6) is 0 Å². The topological polar surface area (TPSA) is 26.3 Å². The molecule has 0 N–H and O–H groups in total. The van der Waals surface area contributed by atoms with Crippen molar-refractivity contribution in [3.8, 4) is 0 Å². The molecule has 0 spiro atoms. The van der Waals surface area contributed by atoms with Crippen molar-refractivity contribution < 1.29 is 9.53 Å². The molecule has 0 bridgehead atoms. The molecule has 1 saturated carbocycles. The molecule has 1 rings (SSSR count). The molecule has 2 unspecified atom stereocenters. The van der Waals surface area contributed by atoms with Gasteiger partial charge in [-0.05, 0) is 26.2 Å². The van der Waals surface area contributed by atoms with Gasteiger partial charge >= 0.3 is 0 Å². The van der Waals surface area contributed by atoms with Gasteiger partial charge in [-0.15, -0.1) is 0 Å². The van der Waals surface area contributed by atoms with E-state index in [2.05, 4.69) is 0 Å². The smallest absolute Gasteiger partial charge is 0.136 e. The fourth-order valence-electron chi connectivity index (χ4n) is 1.61. The van der Waals surface area contributed by atoms with Gasteiger partial charge in [-0.2, -0.15) is 0 Å². The molecule has 0 radical (unpaired) electrons. The monoisotopic (exact) mass is 170 g/mol. The number of rotatable bonds is 3. The minimum Gasteiger partial charge on any atom is -0.378 e. The highest BCUT2D eigenvalue weighted by molar-refractivity contribution is 5.82. The second kappa shape index (κ2) is 4.04. The molecule has 0 aromatic carbocycles. The van der Waals surface area contributed by atoms with Gasteiger partial charge in [-0.1, -0.05) is 6.92 Å². The number of carbonyl (C=O) groups is 1. The Labute approximate surface area is 74.3 Å². The number of carbonyl (C=O) groups excluding carboxylic acids is 1. The van der Waals surface area contributed by atoms with Crippen molar-refractivity contribution in [2.45, 2.75) is 39.7 Å². The van der Waals surface area contributed by atoms with E-state index in [0.29, 0.717) is 11.7 Å². The summed E-state index contributed by atoms with van der Waals surface area (Å²) in [6.45, 7) is 6.83. The minimum atomic E-state index is 0.226. The number of hydrogen-bond acceptors (Lipinski definition) is 2. The van der Waals surface area contributed by atoms with Gasteiger partial charge in [0.05, 0.1) is 12.7 Å². The SMILES string of the molecule is CC(C)OCC1CCC(=O)C1C. The van der Waals surface area contributed by atoms with Crippen LogP contribution in [0, 0.1) is 11.8 Å². The van der Waals surface area contributed by atoms with E-state index in [1.54, 1.807) is 0 Å². The van der Waals surface area contributed by atoms with Gasteiger partial charge in [0, 0.05) is 12.3 Å². The molecule has 0 heterocycles. The zero-order chi connectivity index (χ0) is 9.14. The van der Waals surface area contributed by atoms with Crippen LogP contribution in [-0.2, 0) is 9.53 Å². The molecule has 12 heavy (non-hydrogen) atoms. The molecule has 0 saturated heterocycles. The van der Waals surface area contributed by atoms with E-state index in [1.165, 1.54) is 0 Å². The largest absolute Gasteiger partial charge is 0.378 e. The van der Waals surface area contributed by atoms with E-state index in [0.717, 1.165) is 19.4 Å². The molecular weight excluding hydrogens is 152 g/mol. The van der Waals surface area contributed by atoms with Crippen molar-refractivity contribution in [1.29, 1.82) is 0 Å². The minimum absolute atomic E-state index is 0.226. The third-order valence-electron chi connectivity index (χ3n) is 2.62. The molecule has 2 heteroatoms. The summed E-state index contributed by atoms with van der Waals surface area (Å²) in [5, 5.41) is 0. The third kappa shape index (κ3) is 2.31. The number of Topliss-reactive ketones (excluding diaryl/α,β-unsaturated/α-hetero) is 1. The maximum Gasteiger partial charge on any atom is 0.136 e. The second-order valence-corrected chi connectivity index (χ2v) is 3.94. The zero-order valence-corrected chi connectivity index (χ0v) is 8.17. The lowest BCUT2D eigenvalue weighted by Crippen LogP contribution is -2.18. The van der Waals surface area contributed by atoms with E-state index >= 15 is 0 Å². The average molecular weight is 170 g/mol. The number of ether oxygens (including phenoxy) is 1. The van der Waals surface area contributed by atoms with E-state index < -0.39 is 0 Å². The van der Waals surface area contributed by atoms with Gasteiger partial charge in [0.1, 0.15) is 5.78 Å². The van der Waals surface area contributed by atoms with Crippen LogP contribution in [0.2, 0.25) is 0 Å². The van der Waals surface area contributed by atoms with Crippen LogP contribution >= 0.6 is 0 Å². The molecule has 2 atom stereocenters. The van der Waals surface area contributed by atoms with Crippen molar-refractivity contribution in [3.63, 3.8) is 0 Å². The Morgan fingerprint density at radius 2 is 2.25 bits per heavy atom. The van der Waals surface area contributed by atoms with Crippen molar-refractivity contribution in [3.05, 3.63) is 0 Å². The number of hydrogen-bond donors (Lipinski definition) is 0. The van der Waals surface area contributed by atoms with Crippen LogP contribution < -0.4 is 0 Å². The summed E-state index contributed by atoms with van der Waals surface area (Å²) in [7, 11) is 0. The standard InChI is InChI=1S/C10H18O2/c1-7(2)12-6-9-4-5-10(11)8(9)3/h7-9H,4-6H2,1-3H3. The molecule has 2 nitrogen and oxygen atoms in total. The van der Waals surface area contributed by atoms with E-state index in [1.807, 2.05) is 20.8 Å².